The maximum Gasteiger partial charge on any atom is 0.237 e. The van der Waals surface area contributed by atoms with Gasteiger partial charge in [0, 0.05) is 18.0 Å². The number of carbonyl (C=O) groups excluding carboxylic acids is 2. The van der Waals surface area contributed by atoms with E-state index in [-0.39, 0.29) is 29.6 Å². The van der Waals surface area contributed by atoms with Crippen LogP contribution in [0.4, 0.5) is 0 Å². The van der Waals surface area contributed by atoms with Gasteiger partial charge in [-0.15, -0.1) is 0 Å². The van der Waals surface area contributed by atoms with Gasteiger partial charge < -0.3 is 10.1 Å². The first kappa shape index (κ1) is 22.0. The van der Waals surface area contributed by atoms with Gasteiger partial charge in [0.1, 0.15) is 5.75 Å². The smallest absolute Gasteiger partial charge is 0.237 e. The third kappa shape index (κ3) is 5.48. The lowest BCUT2D eigenvalue weighted by atomic mass is 9.88. The monoisotopic (exact) mass is 408 g/mol. The van der Waals surface area contributed by atoms with Crippen molar-refractivity contribution in [1.82, 2.24) is 10.2 Å². The number of Topliss-reactive ketones (excluding diaryl/α,β-unsaturated/α-hetero) is 1. The summed E-state index contributed by atoms with van der Waals surface area (Å²) in [5, 5.41) is 3.09. The molecule has 1 amide bonds. The largest absolute Gasteiger partial charge is 0.497 e. The number of likely N-dealkylation sites (tertiary alicyclic amines) is 1. The molecule has 3 rings (SSSR count). The van der Waals surface area contributed by atoms with Gasteiger partial charge in [-0.25, -0.2) is 0 Å². The zero-order valence-corrected chi connectivity index (χ0v) is 18.1. The van der Waals surface area contributed by atoms with Gasteiger partial charge in [0.25, 0.3) is 0 Å². The minimum atomic E-state index is -0.190. The Morgan fingerprint density at radius 2 is 1.67 bits per heavy atom. The van der Waals surface area contributed by atoms with Gasteiger partial charge in [-0.2, -0.15) is 0 Å². The minimum absolute atomic E-state index is 0.0167. The van der Waals surface area contributed by atoms with E-state index in [4.69, 9.17) is 4.74 Å². The summed E-state index contributed by atoms with van der Waals surface area (Å²) in [6.45, 7) is 6.22. The first-order chi connectivity index (χ1) is 14.5. The van der Waals surface area contributed by atoms with Gasteiger partial charge in [-0.1, -0.05) is 37.3 Å². The summed E-state index contributed by atoms with van der Waals surface area (Å²) in [7, 11) is 1.62. The van der Waals surface area contributed by atoms with Crippen LogP contribution in [-0.2, 0) is 4.79 Å². The predicted molar refractivity (Wildman–Crippen MR) is 119 cm³/mol. The molecule has 30 heavy (non-hydrogen) atoms. The van der Waals surface area contributed by atoms with Crippen molar-refractivity contribution in [2.24, 2.45) is 5.92 Å². The van der Waals surface area contributed by atoms with Gasteiger partial charge in [0.2, 0.25) is 5.91 Å². The number of piperidine rings is 1. The average Bonchev–Trinajstić information content (AvgIpc) is 2.82. The Labute approximate surface area is 179 Å². The Kier molecular flexibility index (Phi) is 7.63. The van der Waals surface area contributed by atoms with Gasteiger partial charge in [-0.3, -0.25) is 14.5 Å². The van der Waals surface area contributed by atoms with E-state index in [1.54, 1.807) is 7.11 Å². The van der Waals surface area contributed by atoms with Gasteiger partial charge in [-0.05, 0) is 68.6 Å². The lowest BCUT2D eigenvalue weighted by Gasteiger charge is -2.35. The number of ketones is 1. The Morgan fingerprint density at radius 1 is 1.03 bits per heavy atom. The lowest BCUT2D eigenvalue weighted by molar-refractivity contribution is -0.126. The van der Waals surface area contributed by atoms with E-state index >= 15 is 0 Å². The molecule has 0 saturated carbocycles. The van der Waals surface area contributed by atoms with Crippen molar-refractivity contribution < 1.29 is 14.3 Å². The number of methoxy groups -OCH3 is 1. The third-order valence-corrected chi connectivity index (χ3v) is 6.15. The Bertz CT molecular complexity index is 827. The highest BCUT2D eigenvalue weighted by Gasteiger charge is 2.30. The van der Waals surface area contributed by atoms with Crippen molar-refractivity contribution in [3.05, 3.63) is 65.7 Å². The van der Waals surface area contributed by atoms with Crippen LogP contribution in [0.5, 0.6) is 5.75 Å². The van der Waals surface area contributed by atoms with E-state index < -0.39 is 0 Å². The molecule has 1 fully saturated rings. The Balaban J connectivity index is 1.46. The van der Waals surface area contributed by atoms with Crippen LogP contribution in [-0.4, -0.2) is 49.4 Å². The molecule has 0 bridgehead atoms. The van der Waals surface area contributed by atoms with Gasteiger partial charge in [0.05, 0.1) is 13.2 Å². The summed E-state index contributed by atoms with van der Waals surface area (Å²) in [6.07, 6.45) is 1.56. The molecule has 2 aromatic rings. The first-order valence-electron chi connectivity index (χ1n) is 10.7. The lowest BCUT2D eigenvalue weighted by Crippen LogP contribution is -2.49. The molecule has 5 heteroatoms. The van der Waals surface area contributed by atoms with Crippen molar-refractivity contribution in [2.45, 2.75) is 38.6 Å². The quantitative estimate of drug-likeness (QED) is 0.673. The summed E-state index contributed by atoms with van der Waals surface area (Å²) in [6, 6.07) is 17.3. The second kappa shape index (κ2) is 10.4. The Morgan fingerprint density at radius 3 is 2.27 bits per heavy atom. The summed E-state index contributed by atoms with van der Waals surface area (Å²) in [5.74, 6) is 1.28. The molecule has 1 aliphatic rings. The zero-order valence-electron chi connectivity index (χ0n) is 18.1. The molecule has 2 aromatic carbocycles. The number of benzene rings is 2. The second-order valence-corrected chi connectivity index (χ2v) is 8.14. The molecular formula is C25H32N2O3. The van der Waals surface area contributed by atoms with E-state index in [9.17, 15) is 9.59 Å². The third-order valence-electron chi connectivity index (χ3n) is 6.15. The molecule has 160 valence electrons. The van der Waals surface area contributed by atoms with Crippen LogP contribution in [0.2, 0.25) is 0 Å². The molecule has 0 aliphatic carbocycles. The zero-order chi connectivity index (χ0) is 21.5. The Hall–Kier alpha value is -2.66. The number of ether oxygens (including phenoxy) is 1. The number of hydrogen-bond acceptors (Lipinski definition) is 4. The van der Waals surface area contributed by atoms with Gasteiger partial charge >= 0.3 is 0 Å². The molecular weight excluding hydrogens is 376 g/mol. The fraction of sp³-hybridized carbons (Fsp3) is 0.440. The molecule has 0 aromatic heterocycles. The molecule has 2 atom stereocenters. The predicted octanol–water partition coefficient (Wildman–Crippen LogP) is 3.90. The second-order valence-electron chi connectivity index (χ2n) is 8.14. The van der Waals surface area contributed by atoms with Crippen molar-refractivity contribution >= 4 is 11.7 Å². The maximum atomic E-state index is 12.8. The van der Waals surface area contributed by atoms with E-state index in [1.807, 2.05) is 49.4 Å². The first-order valence-corrected chi connectivity index (χ1v) is 10.7. The van der Waals surface area contributed by atoms with Crippen LogP contribution in [0, 0.1) is 5.92 Å². The number of amides is 1. The van der Waals surface area contributed by atoms with Crippen molar-refractivity contribution in [3.63, 3.8) is 0 Å². The highest BCUT2D eigenvalue weighted by atomic mass is 16.5. The van der Waals surface area contributed by atoms with Crippen molar-refractivity contribution in [3.8, 4) is 5.75 Å². The minimum Gasteiger partial charge on any atom is -0.497 e. The molecule has 0 spiro atoms. The van der Waals surface area contributed by atoms with Crippen LogP contribution < -0.4 is 10.1 Å². The fourth-order valence-electron chi connectivity index (χ4n) is 4.01. The van der Waals surface area contributed by atoms with Crippen molar-refractivity contribution in [1.29, 1.82) is 0 Å². The fourth-order valence-corrected chi connectivity index (χ4v) is 4.01. The highest BCUT2D eigenvalue weighted by Crippen LogP contribution is 2.24. The van der Waals surface area contributed by atoms with Crippen LogP contribution in [0.1, 0.15) is 48.5 Å². The molecule has 1 saturated heterocycles. The maximum absolute atomic E-state index is 12.8. The van der Waals surface area contributed by atoms with Crippen LogP contribution >= 0.6 is 0 Å². The molecule has 0 radical (unpaired) electrons. The van der Waals surface area contributed by atoms with Crippen LogP contribution in [0.25, 0.3) is 0 Å². The number of hydrogen-bond donors (Lipinski definition) is 1. The van der Waals surface area contributed by atoms with E-state index in [1.165, 1.54) is 5.56 Å². The molecule has 5 nitrogen and oxygen atoms in total. The number of carbonyl (C=O) groups is 2. The topological polar surface area (TPSA) is 58.6 Å². The van der Waals surface area contributed by atoms with Crippen LogP contribution in [0.3, 0.4) is 0 Å². The average molecular weight is 409 g/mol. The van der Waals surface area contributed by atoms with Gasteiger partial charge in [0.15, 0.2) is 5.78 Å². The van der Waals surface area contributed by atoms with E-state index in [2.05, 4.69) is 29.3 Å². The summed E-state index contributed by atoms with van der Waals surface area (Å²) in [5.41, 5.74) is 1.96. The molecule has 1 aliphatic heterocycles. The number of rotatable bonds is 8. The van der Waals surface area contributed by atoms with E-state index in [0.717, 1.165) is 37.2 Å². The number of nitrogens with zero attached hydrogens (tertiary/aromatic N) is 1. The summed E-state index contributed by atoms with van der Waals surface area (Å²) >= 11 is 0. The molecule has 1 heterocycles. The normalized spacial score (nSPS) is 17.2. The van der Waals surface area contributed by atoms with Crippen molar-refractivity contribution in [2.75, 3.05) is 26.7 Å². The number of nitrogens with one attached hydrogen (secondary N) is 1. The highest BCUT2D eigenvalue weighted by molar-refractivity contribution is 5.98. The summed E-state index contributed by atoms with van der Waals surface area (Å²) < 4.78 is 5.16. The van der Waals surface area contributed by atoms with E-state index in [0.29, 0.717) is 6.54 Å². The molecule has 1 N–H and O–H groups in total. The molecule has 2 unspecified atom stereocenters. The standard InChI is InChI=1S/C25H32N2O3/c1-18(20-7-5-4-6-8-20)17-26-25(29)19(2)27-15-13-22(14-16-27)24(28)21-9-11-23(30-3)12-10-21/h4-12,18-19,22H,13-17H2,1-3H3,(H,26,29). The SMILES string of the molecule is COc1ccc(C(=O)C2CCN(C(C)C(=O)NCC(C)c3ccccc3)CC2)cc1. The summed E-state index contributed by atoms with van der Waals surface area (Å²) in [4.78, 5) is 27.6. The van der Waals surface area contributed by atoms with Crippen LogP contribution in [0.15, 0.2) is 54.6 Å².